The van der Waals surface area contributed by atoms with E-state index in [1.54, 1.807) is 0 Å². The number of carboxylic acids is 1. The van der Waals surface area contributed by atoms with Gasteiger partial charge in [-0.2, -0.15) is 0 Å². The summed E-state index contributed by atoms with van der Waals surface area (Å²) >= 11 is 0. The molecule has 14 heavy (non-hydrogen) atoms. The summed E-state index contributed by atoms with van der Waals surface area (Å²) in [7, 11) is 0. The van der Waals surface area contributed by atoms with Crippen LogP contribution in [0.2, 0.25) is 0 Å². The maximum absolute atomic E-state index is 10.6. The third kappa shape index (κ3) is 3.29. The van der Waals surface area contributed by atoms with E-state index in [0.717, 1.165) is 12.3 Å². The second-order valence-corrected chi connectivity index (χ2v) is 4.63. The molecule has 1 fully saturated rings. The van der Waals surface area contributed by atoms with Gasteiger partial charge >= 0.3 is 5.97 Å². The molecule has 0 radical (unpaired) electrons. The first kappa shape index (κ1) is 11.5. The summed E-state index contributed by atoms with van der Waals surface area (Å²) < 4.78 is 0. The summed E-state index contributed by atoms with van der Waals surface area (Å²) in [6, 6.07) is 0. The molecular weight excluding hydrogens is 178 g/mol. The van der Waals surface area contributed by atoms with Crippen LogP contribution in [0.3, 0.4) is 0 Å². The molecule has 0 aliphatic heterocycles. The highest BCUT2D eigenvalue weighted by Gasteiger charge is 2.27. The van der Waals surface area contributed by atoms with Crippen molar-refractivity contribution in [2.24, 2.45) is 23.5 Å². The molecule has 3 nitrogen and oxygen atoms in total. The Labute approximate surface area is 85.7 Å². The van der Waals surface area contributed by atoms with E-state index in [-0.39, 0.29) is 12.3 Å². The largest absolute Gasteiger partial charge is 0.481 e. The van der Waals surface area contributed by atoms with Gasteiger partial charge in [0.25, 0.3) is 0 Å². The van der Waals surface area contributed by atoms with Gasteiger partial charge in [0.2, 0.25) is 0 Å². The van der Waals surface area contributed by atoms with Gasteiger partial charge in [0.1, 0.15) is 0 Å². The van der Waals surface area contributed by atoms with Gasteiger partial charge in [-0.05, 0) is 30.7 Å². The Morgan fingerprint density at radius 2 is 2.29 bits per heavy atom. The summed E-state index contributed by atoms with van der Waals surface area (Å²) in [5.74, 6) is 0.769. The lowest BCUT2D eigenvalue weighted by atomic mass is 9.74. The molecule has 82 valence electrons. The Hall–Kier alpha value is -0.570. The number of carboxylic acid groups (broad SMARTS) is 1. The normalized spacial score (nSPS) is 29.9. The number of hydrogen-bond acceptors (Lipinski definition) is 2. The maximum atomic E-state index is 10.6. The van der Waals surface area contributed by atoms with Crippen molar-refractivity contribution in [3.8, 4) is 0 Å². The van der Waals surface area contributed by atoms with Crippen molar-refractivity contribution in [3.05, 3.63) is 0 Å². The number of rotatable bonds is 4. The second kappa shape index (κ2) is 5.35. The zero-order valence-corrected chi connectivity index (χ0v) is 8.91. The number of hydrogen-bond donors (Lipinski definition) is 2. The zero-order chi connectivity index (χ0) is 10.6. The lowest BCUT2D eigenvalue weighted by Crippen LogP contribution is -2.29. The van der Waals surface area contributed by atoms with Crippen LogP contribution in [0.15, 0.2) is 0 Å². The minimum Gasteiger partial charge on any atom is -0.481 e. The Bertz CT molecular complexity index is 194. The molecule has 0 aromatic heterocycles. The molecule has 0 amide bonds. The van der Waals surface area contributed by atoms with E-state index in [1.165, 1.54) is 19.3 Å². The van der Waals surface area contributed by atoms with Crippen LogP contribution in [0.5, 0.6) is 0 Å². The summed E-state index contributed by atoms with van der Waals surface area (Å²) in [6.07, 6.45) is 5.10. The second-order valence-electron chi connectivity index (χ2n) is 4.63. The van der Waals surface area contributed by atoms with Crippen molar-refractivity contribution >= 4 is 5.97 Å². The van der Waals surface area contributed by atoms with Gasteiger partial charge in [0.15, 0.2) is 0 Å². The zero-order valence-electron chi connectivity index (χ0n) is 8.91. The fourth-order valence-corrected chi connectivity index (χ4v) is 2.58. The van der Waals surface area contributed by atoms with Crippen LogP contribution in [0, 0.1) is 17.8 Å². The average molecular weight is 199 g/mol. The summed E-state index contributed by atoms with van der Waals surface area (Å²) in [5, 5.41) is 8.76. The quantitative estimate of drug-likeness (QED) is 0.726. The fraction of sp³-hybridized carbons (Fsp3) is 0.909. The molecule has 3 N–H and O–H groups in total. The third-order valence-corrected chi connectivity index (χ3v) is 3.38. The highest BCUT2D eigenvalue weighted by molar-refractivity contribution is 5.67. The van der Waals surface area contributed by atoms with Crippen LogP contribution in [-0.4, -0.2) is 17.6 Å². The Morgan fingerprint density at radius 3 is 2.79 bits per heavy atom. The molecule has 0 heterocycles. The molecule has 3 heteroatoms. The lowest BCUT2D eigenvalue weighted by molar-refractivity contribution is -0.138. The molecule has 1 rings (SSSR count). The highest BCUT2D eigenvalue weighted by Crippen LogP contribution is 2.34. The molecule has 3 atom stereocenters. The van der Waals surface area contributed by atoms with Crippen molar-refractivity contribution in [1.82, 2.24) is 0 Å². The molecule has 0 saturated heterocycles. The Kier molecular flexibility index (Phi) is 4.39. The van der Waals surface area contributed by atoms with Crippen molar-refractivity contribution in [2.45, 2.75) is 39.0 Å². The highest BCUT2D eigenvalue weighted by atomic mass is 16.4. The minimum absolute atomic E-state index is 0.190. The van der Waals surface area contributed by atoms with Crippen molar-refractivity contribution in [3.63, 3.8) is 0 Å². The van der Waals surface area contributed by atoms with Crippen LogP contribution < -0.4 is 5.73 Å². The van der Waals surface area contributed by atoms with Crippen LogP contribution in [0.25, 0.3) is 0 Å². The van der Waals surface area contributed by atoms with E-state index in [0.29, 0.717) is 12.5 Å². The van der Waals surface area contributed by atoms with E-state index in [1.807, 2.05) is 0 Å². The maximum Gasteiger partial charge on any atom is 0.303 e. The average Bonchev–Trinajstić information content (AvgIpc) is 2.14. The summed E-state index contributed by atoms with van der Waals surface area (Å²) in [4.78, 5) is 10.6. The van der Waals surface area contributed by atoms with Gasteiger partial charge in [0.05, 0.1) is 0 Å². The van der Waals surface area contributed by atoms with E-state index in [4.69, 9.17) is 10.8 Å². The predicted molar refractivity (Wildman–Crippen MR) is 55.9 cm³/mol. The molecule has 1 saturated carbocycles. The van der Waals surface area contributed by atoms with Crippen LogP contribution >= 0.6 is 0 Å². The number of aliphatic carboxylic acids is 1. The first-order valence-electron chi connectivity index (χ1n) is 5.55. The van der Waals surface area contributed by atoms with Crippen LogP contribution in [-0.2, 0) is 4.79 Å². The monoisotopic (exact) mass is 199 g/mol. The molecule has 0 bridgehead atoms. The van der Waals surface area contributed by atoms with Crippen LogP contribution in [0.1, 0.15) is 39.0 Å². The standard InChI is InChI=1S/C11H21NO2/c1-8-3-2-4-9(5-8)10(7-12)6-11(13)14/h8-10H,2-7,12H2,1H3,(H,13,14). The predicted octanol–water partition coefficient (Wildman–Crippen LogP) is 1.86. The van der Waals surface area contributed by atoms with Gasteiger partial charge in [-0.25, -0.2) is 0 Å². The summed E-state index contributed by atoms with van der Waals surface area (Å²) in [6.45, 7) is 2.77. The SMILES string of the molecule is CC1CCCC(C(CN)CC(=O)O)C1. The molecule has 1 aliphatic rings. The molecule has 0 aromatic rings. The first-order chi connectivity index (χ1) is 6.63. The Morgan fingerprint density at radius 1 is 1.57 bits per heavy atom. The Balaban J connectivity index is 2.46. The first-order valence-corrected chi connectivity index (χ1v) is 5.55. The smallest absolute Gasteiger partial charge is 0.303 e. The number of nitrogens with two attached hydrogens (primary N) is 1. The van der Waals surface area contributed by atoms with Gasteiger partial charge in [-0.3, -0.25) is 4.79 Å². The van der Waals surface area contributed by atoms with Gasteiger partial charge in [-0.15, -0.1) is 0 Å². The number of carbonyl (C=O) groups is 1. The van der Waals surface area contributed by atoms with E-state index >= 15 is 0 Å². The molecule has 1 aliphatic carbocycles. The van der Waals surface area contributed by atoms with E-state index in [9.17, 15) is 4.79 Å². The van der Waals surface area contributed by atoms with Crippen molar-refractivity contribution in [2.75, 3.05) is 6.54 Å². The third-order valence-electron chi connectivity index (χ3n) is 3.38. The van der Waals surface area contributed by atoms with Gasteiger partial charge < -0.3 is 10.8 Å². The van der Waals surface area contributed by atoms with Crippen molar-refractivity contribution in [1.29, 1.82) is 0 Å². The van der Waals surface area contributed by atoms with E-state index in [2.05, 4.69) is 6.92 Å². The van der Waals surface area contributed by atoms with Gasteiger partial charge in [-0.1, -0.05) is 26.2 Å². The van der Waals surface area contributed by atoms with Gasteiger partial charge in [0, 0.05) is 6.42 Å². The molecule has 0 spiro atoms. The minimum atomic E-state index is -0.710. The van der Waals surface area contributed by atoms with Crippen molar-refractivity contribution < 1.29 is 9.90 Å². The fourth-order valence-electron chi connectivity index (χ4n) is 2.58. The molecule has 0 aromatic carbocycles. The topological polar surface area (TPSA) is 63.3 Å². The van der Waals surface area contributed by atoms with Crippen LogP contribution in [0.4, 0.5) is 0 Å². The summed E-state index contributed by atoms with van der Waals surface area (Å²) in [5.41, 5.74) is 5.63. The molecule has 3 unspecified atom stereocenters. The van der Waals surface area contributed by atoms with E-state index < -0.39 is 5.97 Å². The lowest BCUT2D eigenvalue weighted by Gasteiger charge is -2.31. The molecular formula is C11H21NO2.